The molecule has 3 heterocycles. The van der Waals surface area contributed by atoms with E-state index in [1.54, 1.807) is 10.5 Å². The first-order valence-corrected chi connectivity index (χ1v) is 7.70. The molecule has 0 spiro atoms. The number of thiazole rings is 1. The zero-order valence-electron chi connectivity index (χ0n) is 11.4. The van der Waals surface area contributed by atoms with Crippen LogP contribution in [0.15, 0.2) is 16.2 Å². The lowest BCUT2D eigenvalue weighted by atomic mass is 10.00. The first kappa shape index (κ1) is 13.5. The Morgan fingerprint density at radius 2 is 2.40 bits per heavy atom. The Hall–Kier alpha value is -1.53. The third-order valence-electron chi connectivity index (χ3n) is 3.75. The lowest BCUT2D eigenvalue weighted by molar-refractivity contribution is -0.112. The van der Waals surface area contributed by atoms with Gasteiger partial charge in [-0.15, -0.1) is 11.3 Å². The molecule has 0 aromatic carbocycles. The first-order valence-electron chi connectivity index (χ1n) is 6.82. The molecule has 106 valence electrons. The van der Waals surface area contributed by atoms with E-state index in [-0.39, 0.29) is 11.5 Å². The standard InChI is InChI=1S/C14H17N3O2S/c1-10-9-20-14-15-12(5-13(19)17(10)14)7-16-4-2-3-11(6-16)8-18/h5,8-9,11H,2-4,6-7H2,1H3. The Labute approximate surface area is 120 Å². The maximum absolute atomic E-state index is 12.1. The molecule has 0 radical (unpaired) electrons. The Morgan fingerprint density at radius 1 is 1.55 bits per heavy atom. The molecule has 0 saturated carbocycles. The minimum absolute atomic E-state index is 0.0207. The van der Waals surface area contributed by atoms with Gasteiger partial charge in [0, 0.05) is 36.1 Å². The Balaban J connectivity index is 1.84. The summed E-state index contributed by atoms with van der Waals surface area (Å²) in [6.07, 6.45) is 3.04. The summed E-state index contributed by atoms with van der Waals surface area (Å²) in [5, 5.41) is 1.94. The van der Waals surface area contributed by atoms with Gasteiger partial charge in [0.05, 0.1) is 5.69 Å². The quantitative estimate of drug-likeness (QED) is 0.804. The van der Waals surface area contributed by atoms with Crippen molar-refractivity contribution < 1.29 is 4.79 Å². The molecule has 5 nitrogen and oxygen atoms in total. The SMILES string of the molecule is Cc1csc2nc(CN3CCCC(C=O)C3)cc(=O)n12. The van der Waals surface area contributed by atoms with Crippen molar-refractivity contribution in [3.8, 4) is 0 Å². The Bertz CT molecular complexity index is 691. The number of aromatic nitrogens is 2. The van der Waals surface area contributed by atoms with Crippen molar-refractivity contribution >= 4 is 22.6 Å². The summed E-state index contributed by atoms with van der Waals surface area (Å²) in [6, 6.07) is 1.61. The van der Waals surface area contributed by atoms with Crippen molar-refractivity contribution in [1.82, 2.24) is 14.3 Å². The molecule has 1 unspecified atom stereocenters. The van der Waals surface area contributed by atoms with Crippen LogP contribution < -0.4 is 5.56 Å². The van der Waals surface area contributed by atoms with Crippen LogP contribution in [0.1, 0.15) is 24.2 Å². The Kier molecular flexibility index (Phi) is 3.67. The second-order valence-corrected chi connectivity index (χ2v) is 6.19. The van der Waals surface area contributed by atoms with E-state index in [1.165, 1.54) is 11.3 Å². The normalized spacial score (nSPS) is 20.4. The van der Waals surface area contributed by atoms with Crippen LogP contribution in [0.25, 0.3) is 4.96 Å². The summed E-state index contributed by atoms with van der Waals surface area (Å²) in [6.45, 7) is 4.29. The van der Waals surface area contributed by atoms with Gasteiger partial charge in [0.2, 0.25) is 0 Å². The van der Waals surface area contributed by atoms with E-state index in [2.05, 4.69) is 9.88 Å². The molecular weight excluding hydrogens is 274 g/mol. The van der Waals surface area contributed by atoms with Crippen LogP contribution in [0.5, 0.6) is 0 Å². The van der Waals surface area contributed by atoms with Gasteiger partial charge in [-0.3, -0.25) is 14.1 Å². The second-order valence-electron chi connectivity index (χ2n) is 5.35. The van der Waals surface area contributed by atoms with Crippen molar-refractivity contribution in [2.75, 3.05) is 13.1 Å². The summed E-state index contributed by atoms with van der Waals surface area (Å²) in [5.41, 5.74) is 1.70. The Morgan fingerprint density at radius 3 is 3.20 bits per heavy atom. The molecule has 1 atom stereocenters. The fourth-order valence-corrected chi connectivity index (χ4v) is 3.65. The molecule has 6 heteroatoms. The predicted molar refractivity (Wildman–Crippen MR) is 78.1 cm³/mol. The lowest BCUT2D eigenvalue weighted by Gasteiger charge is -2.29. The minimum Gasteiger partial charge on any atom is -0.303 e. The molecule has 2 aromatic heterocycles. The topological polar surface area (TPSA) is 54.7 Å². The molecule has 20 heavy (non-hydrogen) atoms. The van der Waals surface area contributed by atoms with E-state index in [0.29, 0.717) is 6.54 Å². The average Bonchev–Trinajstić information content (AvgIpc) is 2.81. The van der Waals surface area contributed by atoms with Gasteiger partial charge >= 0.3 is 0 Å². The van der Waals surface area contributed by atoms with Gasteiger partial charge in [-0.1, -0.05) is 0 Å². The van der Waals surface area contributed by atoms with Crippen molar-refractivity contribution in [2.45, 2.75) is 26.3 Å². The van der Waals surface area contributed by atoms with Crippen LogP contribution in [-0.2, 0) is 11.3 Å². The number of piperidine rings is 1. The summed E-state index contributed by atoms with van der Waals surface area (Å²) in [4.78, 5) is 30.5. The zero-order chi connectivity index (χ0) is 14.1. The molecule has 1 aliphatic heterocycles. The number of fused-ring (bicyclic) bond motifs is 1. The molecular formula is C14H17N3O2S. The highest BCUT2D eigenvalue weighted by molar-refractivity contribution is 7.15. The highest BCUT2D eigenvalue weighted by Crippen LogP contribution is 2.17. The van der Waals surface area contributed by atoms with Crippen LogP contribution in [0.2, 0.25) is 0 Å². The largest absolute Gasteiger partial charge is 0.303 e. The third kappa shape index (κ3) is 2.53. The molecule has 1 aliphatic rings. The maximum Gasteiger partial charge on any atom is 0.259 e. The van der Waals surface area contributed by atoms with Crippen LogP contribution >= 0.6 is 11.3 Å². The van der Waals surface area contributed by atoms with Gasteiger partial charge in [-0.2, -0.15) is 0 Å². The molecule has 0 N–H and O–H groups in total. The van der Waals surface area contributed by atoms with Crippen LogP contribution in [0, 0.1) is 12.8 Å². The number of carbonyl (C=O) groups excluding carboxylic acids is 1. The number of rotatable bonds is 3. The van der Waals surface area contributed by atoms with E-state index >= 15 is 0 Å². The smallest absolute Gasteiger partial charge is 0.259 e. The summed E-state index contributed by atoms with van der Waals surface area (Å²) in [7, 11) is 0. The summed E-state index contributed by atoms with van der Waals surface area (Å²) < 4.78 is 1.64. The highest BCUT2D eigenvalue weighted by atomic mass is 32.1. The van der Waals surface area contributed by atoms with Gasteiger partial charge in [0.1, 0.15) is 6.29 Å². The average molecular weight is 291 g/mol. The van der Waals surface area contributed by atoms with Crippen LogP contribution in [-0.4, -0.2) is 33.7 Å². The molecule has 1 fully saturated rings. The van der Waals surface area contributed by atoms with Crippen molar-refractivity contribution in [1.29, 1.82) is 0 Å². The minimum atomic E-state index is -0.0207. The number of hydrogen-bond donors (Lipinski definition) is 0. The van der Waals surface area contributed by atoms with Crippen LogP contribution in [0.4, 0.5) is 0 Å². The lowest BCUT2D eigenvalue weighted by Crippen LogP contribution is -2.36. The third-order valence-corrected chi connectivity index (χ3v) is 4.69. The van der Waals surface area contributed by atoms with Crippen LogP contribution in [0.3, 0.4) is 0 Å². The summed E-state index contributed by atoms with van der Waals surface area (Å²) >= 11 is 1.49. The molecule has 0 amide bonds. The van der Waals surface area contributed by atoms with Gasteiger partial charge in [-0.05, 0) is 26.3 Å². The fourth-order valence-electron chi connectivity index (χ4n) is 2.76. The number of aldehydes is 1. The molecule has 1 saturated heterocycles. The molecule has 0 bridgehead atoms. The second kappa shape index (κ2) is 5.46. The van der Waals surface area contributed by atoms with Gasteiger partial charge in [0.25, 0.3) is 5.56 Å². The van der Waals surface area contributed by atoms with Crippen molar-refractivity contribution in [3.05, 3.63) is 33.2 Å². The van der Waals surface area contributed by atoms with Gasteiger partial charge in [0.15, 0.2) is 4.96 Å². The molecule has 0 aliphatic carbocycles. The monoisotopic (exact) mass is 291 g/mol. The van der Waals surface area contributed by atoms with Crippen molar-refractivity contribution in [2.24, 2.45) is 5.92 Å². The maximum atomic E-state index is 12.1. The predicted octanol–water partition coefficient (Wildman–Crippen LogP) is 1.48. The number of likely N-dealkylation sites (tertiary alicyclic amines) is 1. The molecule has 2 aromatic rings. The number of carbonyl (C=O) groups is 1. The number of hydrogen-bond acceptors (Lipinski definition) is 5. The number of nitrogens with zero attached hydrogens (tertiary/aromatic N) is 3. The van der Waals surface area contributed by atoms with E-state index in [1.807, 2.05) is 12.3 Å². The van der Waals surface area contributed by atoms with Gasteiger partial charge < -0.3 is 4.79 Å². The van der Waals surface area contributed by atoms with E-state index in [9.17, 15) is 9.59 Å². The van der Waals surface area contributed by atoms with E-state index in [4.69, 9.17) is 0 Å². The van der Waals surface area contributed by atoms with Crippen molar-refractivity contribution in [3.63, 3.8) is 0 Å². The fraction of sp³-hybridized carbons (Fsp3) is 0.500. The zero-order valence-corrected chi connectivity index (χ0v) is 12.2. The molecule has 3 rings (SSSR count). The number of aryl methyl sites for hydroxylation is 1. The highest BCUT2D eigenvalue weighted by Gasteiger charge is 2.20. The first-order chi connectivity index (χ1) is 9.67. The van der Waals surface area contributed by atoms with E-state index in [0.717, 1.165) is 48.6 Å². The van der Waals surface area contributed by atoms with Gasteiger partial charge in [-0.25, -0.2) is 4.98 Å². The van der Waals surface area contributed by atoms with E-state index < -0.39 is 0 Å². The summed E-state index contributed by atoms with van der Waals surface area (Å²) in [5.74, 6) is 0.123.